The van der Waals surface area contributed by atoms with Crippen LogP contribution < -0.4 is 10.2 Å². The van der Waals surface area contributed by atoms with E-state index >= 15 is 0 Å². The van der Waals surface area contributed by atoms with Gasteiger partial charge in [-0.15, -0.1) is 10.2 Å². The molecule has 0 fully saturated rings. The SMILES string of the molecule is Cc1ccn(-c2ccc(NCc3cc(N(C)C)nc4ccccc34)nn2)n1. The molecule has 0 aliphatic rings. The highest BCUT2D eigenvalue weighted by Crippen LogP contribution is 2.23. The largest absolute Gasteiger partial charge is 0.364 e. The summed E-state index contributed by atoms with van der Waals surface area (Å²) < 4.78 is 1.71. The maximum atomic E-state index is 4.70. The molecular weight excluding hydrogens is 338 g/mol. The lowest BCUT2D eigenvalue weighted by molar-refractivity contribution is 0.803. The van der Waals surface area contributed by atoms with Crippen molar-refractivity contribution in [2.75, 3.05) is 24.3 Å². The molecule has 0 saturated carbocycles. The van der Waals surface area contributed by atoms with Gasteiger partial charge in [-0.1, -0.05) is 18.2 Å². The first kappa shape index (κ1) is 17.0. The van der Waals surface area contributed by atoms with Crippen LogP contribution in [0.3, 0.4) is 0 Å². The van der Waals surface area contributed by atoms with E-state index in [4.69, 9.17) is 4.98 Å². The molecule has 3 heterocycles. The average molecular weight is 359 g/mol. The second-order valence-electron chi connectivity index (χ2n) is 6.58. The number of pyridine rings is 1. The molecule has 3 aromatic heterocycles. The maximum Gasteiger partial charge on any atom is 0.175 e. The van der Waals surface area contributed by atoms with Crippen LogP contribution in [0.5, 0.6) is 0 Å². The topological polar surface area (TPSA) is 71.8 Å². The van der Waals surface area contributed by atoms with Crippen LogP contribution in [0.15, 0.2) is 54.7 Å². The van der Waals surface area contributed by atoms with Crippen LogP contribution in [0.2, 0.25) is 0 Å². The first-order valence-corrected chi connectivity index (χ1v) is 8.76. The maximum absolute atomic E-state index is 4.70. The van der Waals surface area contributed by atoms with Crippen molar-refractivity contribution in [3.05, 3.63) is 66.0 Å². The minimum atomic E-state index is 0.638. The number of nitrogens with one attached hydrogen (secondary N) is 1. The highest BCUT2D eigenvalue weighted by atomic mass is 15.3. The van der Waals surface area contributed by atoms with Crippen molar-refractivity contribution in [1.29, 1.82) is 0 Å². The molecule has 1 N–H and O–H groups in total. The summed E-state index contributed by atoms with van der Waals surface area (Å²) in [5, 5.41) is 17.4. The average Bonchev–Trinajstić information content (AvgIpc) is 3.12. The number of nitrogens with zero attached hydrogens (tertiary/aromatic N) is 6. The molecule has 7 nitrogen and oxygen atoms in total. The van der Waals surface area contributed by atoms with E-state index in [1.165, 1.54) is 0 Å². The van der Waals surface area contributed by atoms with E-state index in [1.807, 2.05) is 68.5 Å². The normalized spacial score (nSPS) is 10.9. The van der Waals surface area contributed by atoms with Gasteiger partial charge in [0.05, 0.1) is 11.2 Å². The van der Waals surface area contributed by atoms with Crippen LogP contribution in [-0.4, -0.2) is 39.1 Å². The summed E-state index contributed by atoms with van der Waals surface area (Å²) >= 11 is 0. The standard InChI is InChI=1S/C20H21N7/c1-14-10-11-27(25-14)19-9-8-18(23-24-19)21-13-15-12-20(26(2)3)22-17-7-5-4-6-16(15)17/h4-12H,13H2,1-3H3,(H,21,23). The lowest BCUT2D eigenvalue weighted by Gasteiger charge is -2.15. The van der Waals surface area contributed by atoms with Crippen LogP contribution in [0.1, 0.15) is 11.3 Å². The number of para-hydroxylation sites is 1. The third kappa shape index (κ3) is 3.57. The van der Waals surface area contributed by atoms with Crippen molar-refractivity contribution in [2.45, 2.75) is 13.5 Å². The number of hydrogen-bond acceptors (Lipinski definition) is 6. The summed E-state index contributed by atoms with van der Waals surface area (Å²) in [6.07, 6.45) is 1.87. The van der Waals surface area contributed by atoms with Crippen molar-refractivity contribution in [3.8, 4) is 5.82 Å². The molecule has 4 rings (SSSR count). The molecule has 0 bridgehead atoms. The molecule has 0 unspecified atom stereocenters. The molecule has 27 heavy (non-hydrogen) atoms. The number of benzene rings is 1. The molecule has 0 aliphatic carbocycles. The number of aromatic nitrogens is 5. The number of fused-ring (bicyclic) bond motifs is 1. The molecule has 0 amide bonds. The number of aryl methyl sites for hydroxylation is 1. The fourth-order valence-electron chi connectivity index (χ4n) is 2.88. The molecule has 0 radical (unpaired) electrons. The van der Waals surface area contributed by atoms with Crippen molar-refractivity contribution in [2.24, 2.45) is 0 Å². The second kappa shape index (κ2) is 7.03. The highest BCUT2D eigenvalue weighted by molar-refractivity contribution is 5.84. The van der Waals surface area contributed by atoms with Gasteiger partial charge in [0.2, 0.25) is 0 Å². The Labute approximate surface area is 157 Å². The predicted molar refractivity (Wildman–Crippen MR) is 107 cm³/mol. The molecule has 0 spiro atoms. The van der Waals surface area contributed by atoms with Gasteiger partial charge in [0.15, 0.2) is 5.82 Å². The van der Waals surface area contributed by atoms with E-state index in [0.29, 0.717) is 12.4 Å². The third-order valence-electron chi connectivity index (χ3n) is 4.31. The molecular formula is C20H21N7. The minimum absolute atomic E-state index is 0.638. The zero-order chi connectivity index (χ0) is 18.8. The van der Waals surface area contributed by atoms with Crippen LogP contribution in [0.4, 0.5) is 11.6 Å². The zero-order valence-electron chi connectivity index (χ0n) is 15.6. The van der Waals surface area contributed by atoms with Crippen LogP contribution in [0.25, 0.3) is 16.7 Å². The number of anilines is 2. The molecule has 136 valence electrons. The number of rotatable bonds is 5. The Kier molecular flexibility index (Phi) is 4.42. The third-order valence-corrected chi connectivity index (χ3v) is 4.31. The molecule has 0 atom stereocenters. The summed E-state index contributed by atoms with van der Waals surface area (Å²) in [5.41, 5.74) is 3.09. The Morgan fingerprint density at radius 1 is 1.04 bits per heavy atom. The lowest BCUT2D eigenvalue weighted by atomic mass is 10.1. The van der Waals surface area contributed by atoms with Gasteiger partial charge in [0.25, 0.3) is 0 Å². The first-order chi connectivity index (χ1) is 13.1. The first-order valence-electron chi connectivity index (χ1n) is 8.76. The smallest absolute Gasteiger partial charge is 0.175 e. The van der Waals surface area contributed by atoms with Gasteiger partial charge >= 0.3 is 0 Å². The summed E-state index contributed by atoms with van der Waals surface area (Å²) in [6.45, 7) is 2.58. The minimum Gasteiger partial charge on any atom is -0.364 e. The van der Waals surface area contributed by atoms with E-state index in [2.05, 4.69) is 32.7 Å². The Morgan fingerprint density at radius 3 is 2.59 bits per heavy atom. The Hall–Kier alpha value is -3.48. The molecule has 4 aromatic rings. The fraction of sp³-hybridized carbons (Fsp3) is 0.200. The van der Waals surface area contributed by atoms with Gasteiger partial charge in [0.1, 0.15) is 11.6 Å². The van der Waals surface area contributed by atoms with Crippen molar-refractivity contribution in [1.82, 2.24) is 25.0 Å². The zero-order valence-corrected chi connectivity index (χ0v) is 15.6. The Balaban J connectivity index is 1.56. The number of hydrogen-bond donors (Lipinski definition) is 1. The van der Waals surface area contributed by atoms with E-state index in [-0.39, 0.29) is 0 Å². The van der Waals surface area contributed by atoms with E-state index < -0.39 is 0 Å². The Morgan fingerprint density at radius 2 is 1.89 bits per heavy atom. The van der Waals surface area contributed by atoms with Gasteiger partial charge in [-0.2, -0.15) is 5.10 Å². The monoisotopic (exact) mass is 359 g/mol. The van der Waals surface area contributed by atoms with Gasteiger partial charge in [-0.25, -0.2) is 9.67 Å². The highest BCUT2D eigenvalue weighted by Gasteiger charge is 2.08. The van der Waals surface area contributed by atoms with E-state index in [9.17, 15) is 0 Å². The molecule has 0 aliphatic heterocycles. The summed E-state index contributed by atoms with van der Waals surface area (Å²) in [5.74, 6) is 2.34. The fourth-order valence-corrected chi connectivity index (χ4v) is 2.88. The lowest BCUT2D eigenvalue weighted by Crippen LogP contribution is -2.12. The van der Waals surface area contributed by atoms with Crippen LogP contribution in [-0.2, 0) is 6.54 Å². The quantitative estimate of drug-likeness (QED) is 0.590. The second-order valence-corrected chi connectivity index (χ2v) is 6.58. The van der Waals surface area contributed by atoms with Gasteiger partial charge < -0.3 is 10.2 Å². The molecule has 7 heteroatoms. The van der Waals surface area contributed by atoms with E-state index in [0.717, 1.165) is 33.8 Å². The summed E-state index contributed by atoms with van der Waals surface area (Å²) in [4.78, 5) is 6.71. The van der Waals surface area contributed by atoms with Crippen LogP contribution >= 0.6 is 0 Å². The van der Waals surface area contributed by atoms with E-state index in [1.54, 1.807) is 4.68 Å². The predicted octanol–water partition coefficient (Wildman–Crippen LogP) is 3.20. The van der Waals surface area contributed by atoms with Crippen molar-refractivity contribution in [3.63, 3.8) is 0 Å². The van der Waals surface area contributed by atoms with Gasteiger partial charge in [-0.3, -0.25) is 0 Å². The van der Waals surface area contributed by atoms with Crippen molar-refractivity contribution < 1.29 is 0 Å². The Bertz CT molecular complexity index is 1070. The van der Waals surface area contributed by atoms with Gasteiger partial charge in [0, 0.05) is 32.2 Å². The molecule has 0 saturated heterocycles. The van der Waals surface area contributed by atoms with Crippen molar-refractivity contribution >= 4 is 22.5 Å². The summed E-state index contributed by atoms with van der Waals surface area (Å²) in [7, 11) is 3.99. The molecule has 1 aromatic carbocycles. The summed E-state index contributed by atoms with van der Waals surface area (Å²) in [6, 6.07) is 16.0. The van der Waals surface area contributed by atoms with Gasteiger partial charge in [-0.05, 0) is 42.8 Å². The van der Waals surface area contributed by atoms with Crippen LogP contribution in [0, 0.1) is 6.92 Å².